The van der Waals surface area contributed by atoms with Crippen molar-refractivity contribution in [2.75, 3.05) is 26.6 Å². The van der Waals surface area contributed by atoms with Gasteiger partial charge >= 0.3 is 5.97 Å². The second-order valence-corrected chi connectivity index (χ2v) is 3.70. The van der Waals surface area contributed by atoms with Crippen LogP contribution in [0.5, 0.6) is 0 Å². The Morgan fingerprint density at radius 2 is 2.15 bits per heavy atom. The summed E-state index contributed by atoms with van der Waals surface area (Å²) in [5, 5.41) is 1.33. The third-order valence-corrected chi connectivity index (χ3v) is 2.38. The van der Waals surface area contributed by atoms with Crippen LogP contribution < -0.4 is 0 Å². The molecule has 1 unspecified atom stereocenters. The van der Waals surface area contributed by atoms with Crippen molar-refractivity contribution >= 4 is 16.8 Å². The first-order chi connectivity index (χ1) is 6.20. The van der Waals surface area contributed by atoms with Crippen LogP contribution in [0.3, 0.4) is 0 Å². The number of rotatable bonds is 6. The lowest BCUT2D eigenvalue weighted by Gasteiger charge is -1.95. The topological polar surface area (TPSA) is 52.6 Å². The van der Waals surface area contributed by atoms with E-state index in [9.17, 15) is 9.00 Å². The third-order valence-electron chi connectivity index (χ3n) is 1.25. The molecule has 5 heteroatoms. The van der Waals surface area contributed by atoms with Crippen molar-refractivity contribution in [3.05, 3.63) is 11.5 Å². The number of ether oxygens (including phenoxy) is 2. The van der Waals surface area contributed by atoms with E-state index in [1.165, 1.54) is 18.6 Å². The maximum absolute atomic E-state index is 11.1. The summed E-state index contributed by atoms with van der Waals surface area (Å²) in [5.41, 5.74) is 0. The third kappa shape index (κ3) is 7.67. The quantitative estimate of drug-likeness (QED) is 0.360. The van der Waals surface area contributed by atoms with Gasteiger partial charge < -0.3 is 9.47 Å². The number of hydrogen-bond donors (Lipinski definition) is 0. The maximum atomic E-state index is 11.1. The van der Waals surface area contributed by atoms with E-state index >= 15 is 0 Å². The summed E-state index contributed by atoms with van der Waals surface area (Å²) in [6, 6.07) is 0. The zero-order valence-electron chi connectivity index (χ0n) is 7.82. The van der Waals surface area contributed by atoms with Gasteiger partial charge in [-0.1, -0.05) is 0 Å². The molecule has 0 N–H and O–H groups in total. The Morgan fingerprint density at radius 3 is 2.69 bits per heavy atom. The number of esters is 1. The van der Waals surface area contributed by atoms with Gasteiger partial charge in [-0.15, -0.1) is 0 Å². The summed E-state index contributed by atoms with van der Waals surface area (Å²) < 4.78 is 20.2. The van der Waals surface area contributed by atoms with Gasteiger partial charge in [0.05, 0.1) is 7.11 Å². The Kier molecular flexibility index (Phi) is 7.53. The largest absolute Gasteiger partial charge is 0.466 e. The second kappa shape index (κ2) is 7.94. The standard InChI is InChI=1S/C8H14O4S/c1-11-5-3-6-13(10)7-4-8(9)12-2/h4,7H,3,5-6H2,1-2H3/b7-4+. The van der Waals surface area contributed by atoms with Gasteiger partial charge in [0.15, 0.2) is 0 Å². The van der Waals surface area contributed by atoms with Gasteiger partial charge in [-0.25, -0.2) is 4.79 Å². The maximum Gasteiger partial charge on any atom is 0.331 e. The molecule has 0 aliphatic heterocycles. The molecule has 0 aliphatic rings. The smallest absolute Gasteiger partial charge is 0.331 e. The minimum atomic E-state index is -1.11. The van der Waals surface area contributed by atoms with Crippen LogP contribution in [0, 0.1) is 0 Å². The number of hydrogen-bond acceptors (Lipinski definition) is 4. The second-order valence-electron chi connectivity index (χ2n) is 2.26. The Bertz CT molecular complexity index is 200. The van der Waals surface area contributed by atoms with Gasteiger partial charge in [0.25, 0.3) is 0 Å². The van der Waals surface area contributed by atoms with Gasteiger partial charge in [0.2, 0.25) is 0 Å². The highest BCUT2D eigenvalue weighted by atomic mass is 32.2. The predicted octanol–water partition coefficient (Wildman–Crippen LogP) is 0.458. The number of carbonyl (C=O) groups is 1. The molecule has 0 aromatic rings. The molecule has 1 atom stereocenters. The fourth-order valence-electron chi connectivity index (χ4n) is 0.613. The summed E-state index contributed by atoms with van der Waals surface area (Å²) in [6.45, 7) is 0.581. The van der Waals surface area contributed by atoms with E-state index in [1.807, 2.05) is 0 Å². The van der Waals surface area contributed by atoms with Gasteiger partial charge in [0, 0.05) is 41.8 Å². The van der Waals surface area contributed by atoms with Crippen LogP contribution in [0.15, 0.2) is 11.5 Å². The molecule has 4 nitrogen and oxygen atoms in total. The van der Waals surface area contributed by atoms with Crippen molar-refractivity contribution < 1.29 is 18.5 Å². The summed E-state index contributed by atoms with van der Waals surface area (Å²) in [7, 11) is 1.76. The molecule has 0 amide bonds. The summed E-state index contributed by atoms with van der Waals surface area (Å²) in [6.07, 6.45) is 1.89. The van der Waals surface area contributed by atoms with Crippen molar-refractivity contribution in [3.63, 3.8) is 0 Å². The highest BCUT2D eigenvalue weighted by Gasteiger charge is 1.96. The highest BCUT2D eigenvalue weighted by molar-refractivity contribution is 7.87. The van der Waals surface area contributed by atoms with E-state index in [0.717, 1.165) is 0 Å². The van der Waals surface area contributed by atoms with Crippen molar-refractivity contribution in [2.45, 2.75) is 6.42 Å². The first-order valence-electron chi connectivity index (χ1n) is 3.83. The Hall–Kier alpha value is -0.680. The molecule has 0 fully saturated rings. The zero-order chi connectivity index (χ0) is 10.1. The molecule has 0 saturated heterocycles. The molecule has 0 rings (SSSR count). The molecule has 0 aliphatic carbocycles. The molecule has 0 bridgehead atoms. The lowest BCUT2D eigenvalue weighted by atomic mass is 10.5. The van der Waals surface area contributed by atoms with Gasteiger partial charge in [-0.05, 0) is 6.42 Å². The van der Waals surface area contributed by atoms with Crippen molar-refractivity contribution in [3.8, 4) is 0 Å². The normalized spacial score (nSPS) is 13.1. The van der Waals surface area contributed by atoms with Crippen molar-refractivity contribution in [1.29, 1.82) is 0 Å². The fraction of sp³-hybridized carbons (Fsp3) is 0.625. The molecule has 0 spiro atoms. The van der Waals surface area contributed by atoms with Crippen LogP contribution in [-0.2, 0) is 25.1 Å². The zero-order valence-corrected chi connectivity index (χ0v) is 8.63. The molecular weight excluding hydrogens is 192 g/mol. The molecule has 76 valence electrons. The van der Waals surface area contributed by atoms with E-state index in [4.69, 9.17) is 4.74 Å². The molecule has 0 radical (unpaired) electrons. The summed E-state index contributed by atoms with van der Waals surface area (Å²) in [5.74, 6) is 0.0153. The molecule has 0 aromatic heterocycles. The van der Waals surface area contributed by atoms with E-state index in [0.29, 0.717) is 18.8 Å². The highest BCUT2D eigenvalue weighted by Crippen LogP contribution is 1.91. The average molecular weight is 206 g/mol. The van der Waals surface area contributed by atoms with Gasteiger partial charge in [-0.3, -0.25) is 4.21 Å². The minimum Gasteiger partial charge on any atom is -0.466 e. The van der Waals surface area contributed by atoms with E-state index < -0.39 is 16.8 Å². The number of carbonyl (C=O) groups excluding carboxylic acids is 1. The van der Waals surface area contributed by atoms with Gasteiger partial charge in [-0.2, -0.15) is 0 Å². The lowest BCUT2D eigenvalue weighted by molar-refractivity contribution is -0.134. The SMILES string of the molecule is COCCCS(=O)/C=C/C(=O)OC. The molecule has 13 heavy (non-hydrogen) atoms. The van der Waals surface area contributed by atoms with E-state index in [-0.39, 0.29) is 0 Å². The van der Waals surface area contributed by atoms with Crippen molar-refractivity contribution in [2.24, 2.45) is 0 Å². The first-order valence-corrected chi connectivity index (χ1v) is 5.21. The molecule has 0 saturated carbocycles. The molecule has 0 aromatic carbocycles. The molecular formula is C8H14O4S. The molecule has 0 heterocycles. The average Bonchev–Trinajstić information content (AvgIpc) is 2.14. The number of methoxy groups -OCH3 is 2. The van der Waals surface area contributed by atoms with Gasteiger partial charge in [0.1, 0.15) is 0 Å². The van der Waals surface area contributed by atoms with E-state index in [1.54, 1.807) is 7.11 Å². The van der Waals surface area contributed by atoms with Crippen LogP contribution in [-0.4, -0.2) is 36.8 Å². The first kappa shape index (κ1) is 12.3. The fourth-order valence-corrected chi connectivity index (χ4v) is 1.41. The van der Waals surface area contributed by atoms with Crippen LogP contribution in [0.2, 0.25) is 0 Å². The van der Waals surface area contributed by atoms with Crippen LogP contribution >= 0.6 is 0 Å². The summed E-state index contributed by atoms with van der Waals surface area (Å²) >= 11 is 0. The van der Waals surface area contributed by atoms with Crippen LogP contribution in [0.4, 0.5) is 0 Å². The Balaban J connectivity index is 3.61. The lowest BCUT2D eigenvalue weighted by Crippen LogP contribution is -2.00. The van der Waals surface area contributed by atoms with E-state index in [2.05, 4.69) is 4.74 Å². The van der Waals surface area contributed by atoms with Crippen molar-refractivity contribution in [1.82, 2.24) is 0 Å². The predicted molar refractivity (Wildman–Crippen MR) is 50.7 cm³/mol. The van der Waals surface area contributed by atoms with Crippen LogP contribution in [0.1, 0.15) is 6.42 Å². The summed E-state index contributed by atoms with van der Waals surface area (Å²) in [4.78, 5) is 10.6. The minimum absolute atomic E-state index is 0.486. The van der Waals surface area contributed by atoms with Crippen LogP contribution in [0.25, 0.3) is 0 Å². The monoisotopic (exact) mass is 206 g/mol. The Labute approximate surface area is 80.4 Å². The Morgan fingerprint density at radius 1 is 1.46 bits per heavy atom.